The van der Waals surface area contributed by atoms with Crippen molar-refractivity contribution in [1.82, 2.24) is 20.1 Å². The number of hydrogen-bond acceptors (Lipinski definition) is 7. The molecule has 3 rings (SSSR count). The first kappa shape index (κ1) is 23.1. The van der Waals surface area contributed by atoms with Gasteiger partial charge in [-0.25, -0.2) is 0 Å². The molecule has 0 bridgehead atoms. The minimum Gasteiger partial charge on any atom is -0.356 e. The molecule has 0 fully saturated rings. The van der Waals surface area contributed by atoms with Gasteiger partial charge in [-0.1, -0.05) is 30.0 Å². The second-order valence-corrected chi connectivity index (χ2v) is 8.20. The number of nitro groups is 1. The van der Waals surface area contributed by atoms with Crippen molar-refractivity contribution in [3.63, 3.8) is 0 Å². The van der Waals surface area contributed by atoms with Crippen molar-refractivity contribution in [2.45, 2.75) is 32.3 Å². The molecule has 0 atom stereocenters. The Labute approximate surface area is 189 Å². The number of thioether (sulfide) groups is 1. The van der Waals surface area contributed by atoms with Crippen molar-refractivity contribution in [3.8, 4) is 5.69 Å². The van der Waals surface area contributed by atoms with Crippen molar-refractivity contribution in [1.29, 1.82) is 0 Å². The molecule has 0 unspecified atom stereocenters. The summed E-state index contributed by atoms with van der Waals surface area (Å²) in [4.78, 5) is 34.3. The molecule has 10 heteroatoms. The highest BCUT2D eigenvalue weighted by Gasteiger charge is 2.18. The Morgan fingerprint density at radius 1 is 1.12 bits per heavy atom. The fourth-order valence-corrected chi connectivity index (χ4v) is 3.90. The van der Waals surface area contributed by atoms with Crippen LogP contribution < -0.4 is 5.32 Å². The molecule has 0 aliphatic heterocycles. The van der Waals surface area contributed by atoms with Gasteiger partial charge in [0.1, 0.15) is 5.82 Å². The molecule has 0 aliphatic carbocycles. The van der Waals surface area contributed by atoms with Crippen LogP contribution in [0, 0.1) is 24.0 Å². The molecule has 32 heavy (non-hydrogen) atoms. The van der Waals surface area contributed by atoms with Gasteiger partial charge in [0, 0.05) is 43.3 Å². The quantitative estimate of drug-likeness (QED) is 0.228. The van der Waals surface area contributed by atoms with Crippen LogP contribution in [0.25, 0.3) is 5.69 Å². The van der Waals surface area contributed by atoms with E-state index in [-0.39, 0.29) is 28.7 Å². The lowest BCUT2D eigenvalue weighted by atomic mass is 10.1. The summed E-state index contributed by atoms with van der Waals surface area (Å²) in [5.41, 5.74) is 3.26. The van der Waals surface area contributed by atoms with E-state index in [0.29, 0.717) is 23.9 Å². The summed E-state index contributed by atoms with van der Waals surface area (Å²) >= 11 is 1.21. The van der Waals surface area contributed by atoms with Crippen LogP contribution in [0.15, 0.2) is 47.6 Å². The SMILES string of the molecule is CC(=O)NCCc1nnc(SCC(=O)c2cccc([N+](=O)[O-])c2)n1-c1ccc(C)c(C)c1. The normalized spacial score (nSPS) is 10.7. The van der Waals surface area contributed by atoms with Crippen LogP contribution in [0.1, 0.15) is 34.2 Å². The van der Waals surface area contributed by atoms with Crippen LogP contribution in [-0.4, -0.2) is 43.7 Å². The number of non-ortho nitro benzene ring substituents is 1. The molecule has 2 aromatic carbocycles. The summed E-state index contributed by atoms with van der Waals surface area (Å²) in [6, 6.07) is 11.7. The molecule has 1 N–H and O–H groups in total. The monoisotopic (exact) mass is 453 g/mol. The summed E-state index contributed by atoms with van der Waals surface area (Å²) < 4.78 is 1.87. The summed E-state index contributed by atoms with van der Waals surface area (Å²) in [5.74, 6) is 0.343. The Bertz CT molecular complexity index is 1170. The van der Waals surface area contributed by atoms with Crippen LogP contribution >= 0.6 is 11.8 Å². The van der Waals surface area contributed by atoms with E-state index in [1.165, 1.54) is 36.9 Å². The molecule has 1 amide bonds. The van der Waals surface area contributed by atoms with E-state index in [1.54, 1.807) is 6.07 Å². The first-order valence-electron chi connectivity index (χ1n) is 9.93. The van der Waals surface area contributed by atoms with Gasteiger partial charge in [0.15, 0.2) is 10.9 Å². The van der Waals surface area contributed by atoms with E-state index in [9.17, 15) is 19.7 Å². The molecular formula is C22H23N5O4S. The summed E-state index contributed by atoms with van der Waals surface area (Å²) in [7, 11) is 0. The third-order valence-electron chi connectivity index (χ3n) is 4.88. The number of amides is 1. The summed E-state index contributed by atoms with van der Waals surface area (Å²) in [5, 5.41) is 22.8. The van der Waals surface area contributed by atoms with Crippen molar-refractivity contribution in [3.05, 3.63) is 75.1 Å². The highest BCUT2D eigenvalue weighted by molar-refractivity contribution is 7.99. The highest BCUT2D eigenvalue weighted by atomic mass is 32.2. The Morgan fingerprint density at radius 3 is 2.59 bits per heavy atom. The van der Waals surface area contributed by atoms with Gasteiger partial charge in [-0.2, -0.15) is 0 Å². The van der Waals surface area contributed by atoms with E-state index < -0.39 is 4.92 Å². The molecular weight excluding hydrogens is 430 g/mol. The van der Waals surface area contributed by atoms with Crippen molar-refractivity contribution in [2.24, 2.45) is 0 Å². The predicted molar refractivity (Wildman–Crippen MR) is 121 cm³/mol. The lowest BCUT2D eigenvalue weighted by Crippen LogP contribution is -2.23. The average Bonchev–Trinajstić information content (AvgIpc) is 3.16. The molecule has 9 nitrogen and oxygen atoms in total. The molecule has 0 radical (unpaired) electrons. The zero-order chi connectivity index (χ0) is 23.3. The van der Waals surface area contributed by atoms with E-state index in [4.69, 9.17) is 0 Å². The van der Waals surface area contributed by atoms with Crippen molar-refractivity contribution < 1.29 is 14.5 Å². The van der Waals surface area contributed by atoms with E-state index >= 15 is 0 Å². The predicted octanol–water partition coefficient (Wildman–Crippen LogP) is 3.45. The molecule has 0 spiro atoms. The number of carbonyl (C=O) groups excluding carboxylic acids is 2. The van der Waals surface area contributed by atoms with Crippen LogP contribution in [0.4, 0.5) is 5.69 Å². The van der Waals surface area contributed by atoms with Gasteiger partial charge in [0.05, 0.1) is 10.7 Å². The van der Waals surface area contributed by atoms with Crippen molar-refractivity contribution >= 4 is 29.1 Å². The van der Waals surface area contributed by atoms with Crippen molar-refractivity contribution in [2.75, 3.05) is 12.3 Å². The maximum atomic E-state index is 12.6. The Hall–Kier alpha value is -3.53. The van der Waals surface area contributed by atoms with Crippen LogP contribution in [0.5, 0.6) is 0 Å². The standard InChI is InChI=1S/C22H23N5O4S/c1-14-7-8-18(11-15(14)2)26-21(9-10-23-16(3)28)24-25-22(26)32-13-20(29)17-5-4-6-19(12-17)27(30)31/h4-8,11-12H,9-10,13H2,1-3H3,(H,23,28). The number of hydrogen-bond donors (Lipinski definition) is 1. The van der Waals surface area contributed by atoms with Gasteiger partial charge in [-0.15, -0.1) is 10.2 Å². The smallest absolute Gasteiger partial charge is 0.270 e. The number of aromatic nitrogens is 3. The molecule has 1 aromatic heterocycles. The summed E-state index contributed by atoms with van der Waals surface area (Å²) in [6.45, 7) is 5.90. The molecule has 166 valence electrons. The zero-order valence-electron chi connectivity index (χ0n) is 18.0. The topological polar surface area (TPSA) is 120 Å². The maximum absolute atomic E-state index is 12.6. The third kappa shape index (κ3) is 5.58. The fraction of sp³-hybridized carbons (Fsp3) is 0.273. The fourth-order valence-electron chi connectivity index (χ4n) is 3.04. The number of carbonyl (C=O) groups is 2. The third-order valence-corrected chi connectivity index (χ3v) is 5.81. The van der Waals surface area contributed by atoms with Gasteiger partial charge in [0.2, 0.25) is 5.91 Å². The second kappa shape index (κ2) is 10.2. The Balaban J connectivity index is 1.85. The van der Waals surface area contributed by atoms with E-state index in [2.05, 4.69) is 15.5 Å². The van der Waals surface area contributed by atoms with Gasteiger partial charge in [-0.3, -0.25) is 24.3 Å². The maximum Gasteiger partial charge on any atom is 0.270 e. The number of nitrogens with one attached hydrogen (secondary N) is 1. The Morgan fingerprint density at radius 2 is 1.91 bits per heavy atom. The number of ketones is 1. The van der Waals surface area contributed by atoms with Crippen LogP contribution in [0.3, 0.4) is 0 Å². The van der Waals surface area contributed by atoms with Gasteiger partial charge >= 0.3 is 0 Å². The van der Waals surface area contributed by atoms with Crippen LogP contribution in [-0.2, 0) is 11.2 Å². The van der Waals surface area contributed by atoms with E-state index in [1.807, 2.05) is 36.6 Å². The lowest BCUT2D eigenvalue weighted by molar-refractivity contribution is -0.384. The highest BCUT2D eigenvalue weighted by Crippen LogP contribution is 2.25. The summed E-state index contributed by atoms with van der Waals surface area (Å²) in [6.07, 6.45) is 0.471. The molecule has 0 saturated carbocycles. The van der Waals surface area contributed by atoms with E-state index in [0.717, 1.165) is 16.8 Å². The Kier molecular flexibility index (Phi) is 7.37. The van der Waals surface area contributed by atoms with Crippen LogP contribution in [0.2, 0.25) is 0 Å². The average molecular weight is 454 g/mol. The van der Waals surface area contributed by atoms with Gasteiger partial charge in [-0.05, 0) is 37.1 Å². The number of nitrogens with zero attached hydrogens (tertiary/aromatic N) is 4. The second-order valence-electron chi connectivity index (χ2n) is 7.26. The number of rotatable bonds is 9. The first-order valence-corrected chi connectivity index (χ1v) is 10.9. The zero-order valence-corrected chi connectivity index (χ0v) is 18.8. The lowest BCUT2D eigenvalue weighted by Gasteiger charge is -2.12. The number of Topliss-reactive ketones (excluding diaryl/α,β-unsaturated/α-hetero) is 1. The number of aryl methyl sites for hydroxylation is 2. The molecule has 1 heterocycles. The number of benzene rings is 2. The van der Waals surface area contributed by atoms with Gasteiger partial charge in [0.25, 0.3) is 5.69 Å². The number of nitro benzene ring substituents is 1. The van der Waals surface area contributed by atoms with Gasteiger partial charge < -0.3 is 5.32 Å². The largest absolute Gasteiger partial charge is 0.356 e. The minimum atomic E-state index is -0.526. The molecule has 0 aliphatic rings. The minimum absolute atomic E-state index is 0.0514. The molecule has 0 saturated heterocycles. The molecule has 3 aromatic rings. The first-order chi connectivity index (χ1) is 15.3.